The molecule has 0 aliphatic carbocycles. The maximum absolute atomic E-state index is 7.83. The molecule has 4 nitrogen and oxygen atoms in total. The molecule has 0 radical (unpaired) electrons. The predicted octanol–water partition coefficient (Wildman–Crippen LogP) is 2.15. The van der Waals surface area contributed by atoms with Crippen molar-refractivity contribution in [3.05, 3.63) is 10.4 Å². The number of azide groups is 1. The van der Waals surface area contributed by atoms with Gasteiger partial charge in [0.05, 0.1) is 0 Å². The second kappa shape index (κ2) is 15.8. The Kier molecular flexibility index (Phi) is 19.0. The van der Waals surface area contributed by atoms with Crippen LogP contribution in [0.2, 0.25) is 0 Å². The molecule has 0 aromatic carbocycles. The monoisotopic (exact) mass is 161 g/mol. The lowest BCUT2D eigenvalue weighted by molar-refractivity contribution is 0.702. The molecule has 0 aromatic heterocycles. The highest BCUT2D eigenvalue weighted by Gasteiger charge is 1.79. The van der Waals surface area contributed by atoms with Crippen LogP contribution in [0.25, 0.3) is 10.4 Å². The molecule has 0 spiro atoms. The van der Waals surface area contributed by atoms with E-state index in [1.54, 1.807) is 0 Å². The van der Waals surface area contributed by atoms with Gasteiger partial charge >= 0.3 is 0 Å². The van der Waals surface area contributed by atoms with E-state index >= 15 is 0 Å². The van der Waals surface area contributed by atoms with E-state index in [0.717, 1.165) is 6.42 Å². The van der Waals surface area contributed by atoms with Crippen LogP contribution in [0, 0.1) is 0 Å². The average Bonchev–Trinajstić information content (AvgIpc) is 2.02. The molecule has 0 heterocycles. The highest BCUT2D eigenvalue weighted by molar-refractivity contribution is 7.44. The number of rotatable bonds is 4. The predicted molar refractivity (Wildman–Crippen MR) is 41.7 cm³/mol. The van der Waals surface area contributed by atoms with Gasteiger partial charge in [-0.15, -0.1) is 0 Å². The van der Waals surface area contributed by atoms with Crippen LogP contribution in [0.15, 0.2) is 5.11 Å². The van der Waals surface area contributed by atoms with Gasteiger partial charge in [0.2, 0.25) is 0 Å². The number of hydrogen-bond donors (Lipinski definition) is 0. The molecule has 10 heavy (non-hydrogen) atoms. The lowest BCUT2D eigenvalue weighted by Gasteiger charge is -1.86. The van der Waals surface area contributed by atoms with Gasteiger partial charge in [-0.1, -0.05) is 24.9 Å². The number of hydrogen-bond acceptors (Lipinski definition) is 3. The molecule has 0 atom stereocenters. The van der Waals surface area contributed by atoms with Crippen molar-refractivity contribution in [3.63, 3.8) is 0 Å². The molecule has 0 saturated heterocycles. The van der Waals surface area contributed by atoms with Crippen molar-refractivity contribution in [2.45, 2.75) is 26.2 Å². The highest BCUT2D eigenvalue weighted by Crippen LogP contribution is 1.92. The normalized spacial score (nSPS) is 6.90. The molecule has 0 aromatic rings. The molecule has 0 aliphatic rings. The summed E-state index contributed by atoms with van der Waals surface area (Å²) in [5, 5.41) is 3.39. The highest BCUT2D eigenvalue weighted by atomic mass is 32.1. The van der Waals surface area contributed by atoms with Crippen LogP contribution in [-0.4, -0.2) is 10.8 Å². The Morgan fingerprint density at radius 2 is 2.10 bits per heavy atom. The molecule has 0 saturated carbocycles. The maximum atomic E-state index is 7.83. The van der Waals surface area contributed by atoms with Gasteiger partial charge in [-0.3, -0.25) is 0 Å². The third kappa shape index (κ3) is 15.7. The first-order valence-electron chi connectivity index (χ1n) is 3.09. The SMILES string of the molecule is CCCCCN=[N+]=[N-].O=S. The van der Waals surface area contributed by atoms with Gasteiger partial charge in [-0.2, -0.15) is 4.21 Å². The van der Waals surface area contributed by atoms with Gasteiger partial charge in [0.1, 0.15) is 0 Å². The fraction of sp³-hybridized carbons (Fsp3) is 1.00. The second-order valence-electron chi connectivity index (χ2n) is 1.66. The zero-order valence-electron chi connectivity index (χ0n) is 5.99. The van der Waals surface area contributed by atoms with Gasteiger partial charge < -0.3 is 0 Å². The first kappa shape index (κ1) is 12.0. The van der Waals surface area contributed by atoms with E-state index in [1.165, 1.54) is 12.8 Å². The first-order valence-corrected chi connectivity index (χ1v) is 3.42. The van der Waals surface area contributed by atoms with Crippen molar-refractivity contribution >= 4 is 12.5 Å². The van der Waals surface area contributed by atoms with Crippen molar-refractivity contribution in [3.8, 4) is 0 Å². The van der Waals surface area contributed by atoms with E-state index in [2.05, 4.69) is 29.5 Å². The molecular formula is C5H11N3OS. The van der Waals surface area contributed by atoms with E-state index in [1.807, 2.05) is 0 Å². The lowest BCUT2D eigenvalue weighted by atomic mass is 10.3. The first-order chi connectivity index (χ1) is 4.91. The molecule has 5 heteroatoms. The Hall–Kier alpha value is -0.670. The Labute approximate surface area is 65.8 Å². The molecule has 58 valence electrons. The van der Waals surface area contributed by atoms with E-state index in [-0.39, 0.29) is 0 Å². The second-order valence-corrected chi connectivity index (χ2v) is 1.66. The number of nitrogens with zero attached hydrogens (tertiary/aromatic N) is 3. The van der Waals surface area contributed by atoms with E-state index in [4.69, 9.17) is 9.74 Å². The summed E-state index contributed by atoms with van der Waals surface area (Å²) in [6, 6.07) is 0. The average molecular weight is 161 g/mol. The largest absolute Gasteiger partial charge is 0.197 e. The van der Waals surface area contributed by atoms with Crippen molar-refractivity contribution in [1.82, 2.24) is 0 Å². The van der Waals surface area contributed by atoms with Crippen molar-refractivity contribution in [1.29, 1.82) is 0 Å². The molecular weight excluding hydrogens is 150 g/mol. The molecule has 0 amide bonds. The molecule has 0 bridgehead atoms. The Morgan fingerprint density at radius 1 is 1.50 bits per heavy atom. The summed E-state index contributed by atoms with van der Waals surface area (Å²) >= 11 is 2.83. The summed E-state index contributed by atoms with van der Waals surface area (Å²) < 4.78 is 7.83. The number of unbranched alkanes of at least 4 members (excludes halogenated alkanes) is 2. The van der Waals surface area contributed by atoms with Crippen molar-refractivity contribution in [2.24, 2.45) is 5.11 Å². The quantitative estimate of drug-likeness (QED) is 0.274. The van der Waals surface area contributed by atoms with Crippen LogP contribution in [-0.2, 0) is 12.5 Å². The summed E-state index contributed by atoms with van der Waals surface area (Å²) in [5.74, 6) is 0. The van der Waals surface area contributed by atoms with Crippen LogP contribution in [0.1, 0.15) is 26.2 Å². The summed E-state index contributed by atoms with van der Waals surface area (Å²) in [5.41, 5.74) is 7.82. The minimum atomic E-state index is 0.657. The van der Waals surface area contributed by atoms with Gasteiger partial charge in [-0.25, -0.2) is 0 Å². The van der Waals surface area contributed by atoms with E-state index < -0.39 is 0 Å². The van der Waals surface area contributed by atoms with Crippen LogP contribution in [0.5, 0.6) is 0 Å². The Bertz CT molecular complexity index is 103. The van der Waals surface area contributed by atoms with E-state index in [9.17, 15) is 0 Å². The summed E-state index contributed by atoms with van der Waals surface area (Å²) in [7, 11) is 0. The minimum absolute atomic E-state index is 0.657. The zero-order chi connectivity index (χ0) is 8.24. The van der Waals surface area contributed by atoms with Gasteiger partial charge in [0.25, 0.3) is 0 Å². The van der Waals surface area contributed by atoms with Crippen molar-refractivity contribution in [2.75, 3.05) is 6.54 Å². The topological polar surface area (TPSA) is 65.8 Å². The fourth-order valence-corrected chi connectivity index (χ4v) is 0.477. The van der Waals surface area contributed by atoms with Gasteiger partial charge in [0, 0.05) is 11.5 Å². The third-order valence-electron chi connectivity index (χ3n) is 0.925. The van der Waals surface area contributed by atoms with Gasteiger partial charge in [-0.05, 0) is 12.0 Å². The standard InChI is InChI=1S/C5H11N3.OS/c1-2-3-4-5-7-8-6;1-2/h2-5H2,1H3;. The fourth-order valence-electron chi connectivity index (χ4n) is 0.477. The van der Waals surface area contributed by atoms with Gasteiger partial charge in [0.15, 0.2) is 12.5 Å². The summed E-state index contributed by atoms with van der Waals surface area (Å²) in [4.78, 5) is 2.63. The molecule has 0 N–H and O–H groups in total. The van der Waals surface area contributed by atoms with Crippen LogP contribution >= 0.6 is 0 Å². The smallest absolute Gasteiger partial charge is 0.197 e. The summed E-state index contributed by atoms with van der Waals surface area (Å²) in [6.45, 7) is 2.78. The Balaban J connectivity index is 0. The maximum Gasteiger partial charge on any atom is 0.197 e. The van der Waals surface area contributed by atoms with Crippen LogP contribution < -0.4 is 0 Å². The lowest BCUT2D eigenvalue weighted by Crippen LogP contribution is -1.76. The van der Waals surface area contributed by atoms with Crippen LogP contribution in [0.3, 0.4) is 0 Å². The molecule has 0 unspecified atom stereocenters. The summed E-state index contributed by atoms with van der Waals surface area (Å²) in [6.07, 6.45) is 3.38. The zero-order valence-corrected chi connectivity index (χ0v) is 6.80. The molecule has 0 fully saturated rings. The molecule has 0 rings (SSSR count). The van der Waals surface area contributed by atoms with Crippen molar-refractivity contribution < 1.29 is 4.21 Å². The minimum Gasteiger partial charge on any atom is -0.197 e. The molecule has 0 aliphatic heterocycles. The van der Waals surface area contributed by atoms with Crippen LogP contribution in [0.4, 0.5) is 0 Å². The van der Waals surface area contributed by atoms with E-state index in [0.29, 0.717) is 6.54 Å². The Morgan fingerprint density at radius 3 is 2.50 bits per heavy atom. The third-order valence-corrected chi connectivity index (χ3v) is 0.925.